The van der Waals surface area contributed by atoms with Gasteiger partial charge in [-0.15, -0.1) is 0 Å². The summed E-state index contributed by atoms with van der Waals surface area (Å²) < 4.78 is 11.2. The molecule has 20 heavy (non-hydrogen) atoms. The highest BCUT2D eigenvalue weighted by atomic mass is 16.5. The number of hydrogen-bond donors (Lipinski definition) is 0. The number of hydrogen-bond acceptors (Lipinski definition) is 3. The average molecular weight is 277 g/mol. The smallest absolute Gasteiger partial charge is 0.254 e. The van der Waals surface area contributed by atoms with Crippen LogP contribution in [0.5, 0.6) is 5.75 Å². The number of ether oxygens (including phenoxy) is 2. The molecule has 1 heterocycles. The van der Waals surface area contributed by atoms with Gasteiger partial charge in [-0.05, 0) is 44.5 Å². The van der Waals surface area contributed by atoms with Crippen LogP contribution in [0.15, 0.2) is 24.3 Å². The molecular weight excluding hydrogens is 254 g/mol. The summed E-state index contributed by atoms with van der Waals surface area (Å²) in [5.74, 6) is 0.876. The molecule has 0 saturated carbocycles. The van der Waals surface area contributed by atoms with Crippen LogP contribution in [0.1, 0.15) is 37.6 Å². The molecular formula is C16H23NO3. The van der Waals surface area contributed by atoms with Gasteiger partial charge in [-0.1, -0.05) is 6.92 Å². The summed E-state index contributed by atoms with van der Waals surface area (Å²) in [6.45, 7) is 8.06. The third kappa shape index (κ3) is 3.73. The summed E-state index contributed by atoms with van der Waals surface area (Å²) in [6, 6.07) is 7.38. The molecule has 0 spiro atoms. The van der Waals surface area contributed by atoms with Crippen LogP contribution in [0.3, 0.4) is 0 Å². The van der Waals surface area contributed by atoms with E-state index in [1.165, 1.54) is 0 Å². The second kappa shape index (κ2) is 6.75. The van der Waals surface area contributed by atoms with E-state index in [1.807, 2.05) is 43.0 Å². The van der Waals surface area contributed by atoms with Crippen LogP contribution in [0.25, 0.3) is 0 Å². The minimum absolute atomic E-state index is 0.0639. The van der Waals surface area contributed by atoms with Gasteiger partial charge in [0.25, 0.3) is 5.91 Å². The molecule has 1 amide bonds. The number of amides is 1. The highest BCUT2D eigenvalue weighted by Gasteiger charge is 2.26. The first-order valence-electron chi connectivity index (χ1n) is 7.27. The second-order valence-corrected chi connectivity index (χ2v) is 5.34. The summed E-state index contributed by atoms with van der Waals surface area (Å²) in [5, 5.41) is 0. The lowest BCUT2D eigenvalue weighted by molar-refractivity contribution is -0.0586. The van der Waals surface area contributed by atoms with Gasteiger partial charge in [0.15, 0.2) is 0 Å². The molecule has 0 aromatic heterocycles. The van der Waals surface area contributed by atoms with Crippen molar-refractivity contribution in [3.8, 4) is 5.75 Å². The van der Waals surface area contributed by atoms with Crippen molar-refractivity contribution < 1.29 is 14.3 Å². The molecule has 4 heteroatoms. The predicted molar refractivity (Wildman–Crippen MR) is 78.1 cm³/mol. The van der Waals surface area contributed by atoms with Gasteiger partial charge in [0.05, 0.1) is 18.8 Å². The molecule has 1 saturated heterocycles. The van der Waals surface area contributed by atoms with Gasteiger partial charge in [0, 0.05) is 18.7 Å². The molecule has 0 unspecified atom stereocenters. The van der Waals surface area contributed by atoms with E-state index in [2.05, 4.69) is 6.92 Å². The third-order valence-electron chi connectivity index (χ3n) is 3.28. The van der Waals surface area contributed by atoms with Crippen LogP contribution in [0.2, 0.25) is 0 Å². The Morgan fingerprint density at radius 1 is 1.25 bits per heavy atom. The molecule has 1 aromatic carbocycles. The molecule has 1 fully saturated rings. The Labute approximate surface area is 120 Å². The molecule has 0 N–H and O–H groups in total. The van der Waals surface area contributed by atoms with E-state index in [0.717, 1.165) is 12.2 Å². The standard InChI is InChI=1S/C16H23NO3/c1-4-9-19-15-7-5-14(6-8-15)16(18)17-10-12(2)20-13(3)11-17/h5-8,12-13H,4,9-11H2,1-3H3/t12-,13-/m1/s1. The SMILES string of the molecule is CCCOc1ccc(C(=O)N2C[C@@H](C)O[C@H](C)C2)cc1. The zero-order chi connectivity index (χ0) is 14.5. The highest BCUT2D eigenvalue weighted by molar-refractivity contribution is 5.94. The van der Waals surface area contributed by atoms with Gasteiger partial charge in [-0.2, -0.15) is 0 Å². The van der Waals surface area contributed by atoms with Crippen molar-refractivity contribution in [3.05, 3.63) is 29.8 Å². The van der Waals surface area contributed by atoms with Crippen LogP contribution < -0.4 is 4.74 Å². The summed E-state index contributed by atoms with van der Waals surface area (Å²) in [4.78, 5) is 14.3. The quantitative estimate of drug-likeness (QED) is 0.849. The normalized spacial score (nSPS) is 22.6. The Bertz CT molecular complexity index is 434. The Morgan fingerprint density at radius 3 is 2.40 bits per heavy atom. The van der Waals surface area contributed by atoms with E-state index < -0.39 is 0 Å². The average Bonchev–Trinajstić information content (AvgIpc) is 2.44. The number of carbonyl (C=O) groups excluding carboxylic acids is 1. The first-order valence-corrected chi connectivity index (χ1v) is 7.27. The van der Waals surface area contributed by atoms with Crippen molar-refractivity contribution >= 4 is 5.91 Å². The van der Waals surface area contributed by atoms with Crippen LogP contribution in [0.4, 0.5) is 0 Å². The van der Waals surface area contributed by atoms with Crippen molar-refractivity contribution in [2.75, 3.05) is 19.7 Å². The van der Waals surface area contributed by atoms with Crippen molar-refractivity contribution in [2.24, 2.45) is 0 Å². The molecule has 110 valence electrons. The fourth-order valence-corrected chi connectivity index (χ4v) is 2.44. The Kier molecular flexibility index (Phi) is 5.01. The molecule has 4 nitrogen and oxygen atoms in total. The van der Waals surface area contributed by atoms with Gasteiger partial charge in [-0.3, -0.25) is 4.79 Å². The van der Waals surface area contributed by atoms with Crippen LogP contribution >= 0.6 is 0 Å². The van der Waals surface area contributed by atoms with Crippen molar-refractivity contribution in [2.45, 2.75) is 39.4 Å². The molecule has 1 aromatic rings. The van der Waals surface area contributed by atoms with Crippen molar-refractivity contribution in [1.82, 2.24) is 4.90 Å². The number of rotatable bonds is 4. The van der Waals surface area contributed by atoms with Gasteiger partial charge >= 0.3 is 0 Å². The fraction of sp³-hybridized carbons (Fsp3) is 0.562. The summed E-state index contributed by atoms with van der Waals surface area (Å²) in [7, 11) is 0. The minimum Gasteiger partial charge on any atom is -0.494 e. The Balaban J connectivity index is 2.01. The van der Waals surface area contributed by atoms with E-state index in [-0.39, 0.29) is 18.1 Å². The van der Waals surface area contributed by atoms with E-state index in [4.69, 9.17) is 9.47 Å². The molecule has 1 aliphatic rings. The second-order valence-electron chi connectivity index (χ2n) is 5.34. The predicted octanol–water partition coefficient (Wildman–Crippen LogP) is 2.72. The minimum atomic E-state index is 0.0639. The van der Waals surface area contributed by atoms with Crippen LogP contribution in [-0.4, -0.2) is 42.7 Å². The zero-order valence-corrected chi connectivity index (χ0v) is 12.5. The lowest BCUT2D eigenvalue weighted by Gasteiger charge is -2.35. The number of morpholine rings is 1. The van der Waals surface area contributed by atoms with Gasteiger partial charge < -0.3 is 14.4 Å². The first-order chi connectivity index (χ1) is 9.60. The molecule has 0 radical (unpaired) electrons. The topological polar surface area (TPSA) is 38.8 Å². The third-order valence-corrected chi connectivity index (χ3v) is 3.28. The van der Waals surface area contributed by atoms with E-state index in [0.29, 0.717) is 25.3 Å². The maximum absolute atomic E-state index is 12.4. The van der Waals surface area contributed by atoms with Crippen molar-refractivity contribution in [3.63, 3.8) is 0 Å². The van der Waals surface area contributed by atoms with E-state index in [9.17, 15) is 4.79 Å². The number of carbonyl (C=O) groups is 1. The van der Waals surface area contributed by atoms with E-state index in [1.54, 1.807) is 0 Å². The highest BCUT2D eigenvalue weighted by Crippen LogP contribution is 2.17. The van der Waals surface area contributed by atoms with Crippen LogP contribution in [-0.2, 0) is 4.74 Å². The molecule has 2 atom stereocenters. The molecule has 2 rings (SSSR count). The zero-order valence-electron chi connectivity index (χ0n) is 12.5. The molecule has 0 aliphatic carbocycles. The summed E-state index contributed by atoms with van der Waals surface area (Å²) in [6.07, 6.45) is 1.16. The van der Waals surface area contributed by atoms with Gasteiger partial charge in [0.1, 0.15) is 5.75 Å². The molecule has 1 aliphatic heterocycles. The number of nitrogens with zero attached hydrogens (tertiary/aromatic N) is 1. The molecule has 0 bridgehead atoms. The monoisotopic (exact) mass is 277 g/mol. The van der Waals surface area contributed by atoms with Crippen LogP contribution in [0, 0.1) is 0 Å². The Hall–Kier alpha value is -1.55. The summed E-state index contributed by atoms with van der Waals surface area (Å²) in [5.41, 5.74) is 0.704. The fourth-order valence-electron chi connectivity index (χ4n) is 2.44. The maximum atomic E-state index is 12.4. The van der Waals surface area contributed by atoms with Crippen molar-refractivity contribution in [1.29, 1.82) is 0 Å². The maximum Gasteiger partial charge on any atom is 0.254 e. The number of benzene rings is 1. The lowest BCUT2D eigenvalue weighted by atomic mass is 10.1. The van der Waals surface area contributed by atoms with E-state index >= 15 is 0 Å². The van der Waals surface area contributed by atoms with Gasteiger partial charge in [0.2, 0.25) is 0 Å². The first kappa shape index (κ1) is 14.9. The summed E-state index contributed by atoms with van der Waals surface area (Å²) >= 11 is 0. The lowest BCUT2D eigenvalue weighted by Crippen LogP contribution is -2.48. The largest absolute Gasteiger partial charge is 0.494 e. The Morgan fingerprint density at radius 2 is 1.85 bits per heavy atom. The van der Waals surface area contributed by atoms with Gasteiger partial charge in [-0.25, -0.2) is 0 Å².